The summed E-state index contributed by atoms with van der Waals surface area (Å²) in [6.07, 6.45) is -4.12. The fourth-order valence-electron chi connectivity index (χ4n) is 11.3. The zero-order chi connectivity index (χ0) is 34.3. The first kappa shape index (κ1) is 35.2. The molecule has 272 valence electrons. The number of carbonyl (C=O) groups is 1. The van der Waals surface area contributed by atoms with Crippen molar-refractivity contribution >= 4 is 5.97 Å². The first-order valence-electron chi connectivity index (χ1n) is 17.9. The van der Waals surface area contributed by atoms with E-state index in [1.807, 2.05) is 0 Å². The molecule has 4 aliphatic carbocycles. The van der Waals surface area contributed by atoms with Crippen LogP contribution < -0.4 is 0 Å². The number of fused-ring (bicyclic) bond motifs is 5. The summed E-state index contributed by atoms with van der Waals surface area (Å²) in [5, 5.41) is 74.7. The van der Waals surface area contributed by atoms with E-state index in [0.29, 0.717) is 18.4 Å². The van der Waals surface area contributed by atoms with E-state index >= 15 is 0 Å². The highest BCUT2D eigenvalue weighted by Crippen LogP contribution is 2.70. The van der Waals surface area contributed by atoms with Crippen molar-refractivity contribution in [3.05, 3.63) is 11.6 Å². The van der Waals surface area contributed by atoms with Gasteiger partial charge in [0.15, 0.2) is 12.6 Å². The van der Waals surface area contributed by atoms with Gasteiger partial charge in [-0.2, -0.15) is 0 Å². The molecule has 0 amide bonds. The minimum absolute atomic E-state index is 0.0345. The SMILES string of the molecule is CC1OC(OC2CC[C@@]3(C)C(CCC4C3CC[C@]3(C)C(C5=CC(=O)OC5)CCC43O)C2)C(O)C(O)C1OC1OC(CO)C(O)C(O)C1O. The first-order chi connectivity index (χ1) is 22.7. The van der Waals surface area contributed by atoms with Gasteiger partial charge >= 0.3 is 5.97 Å². The van der Waals surface area contributed by atoms with Crippen molar-refractivity contribution in [2.24, 2.45) is 34.5 Å². The molecule has 4 saturated carbocycles. The number of cyclic esters (lactones) is 1. The minimum atomic E-state index is -1.65. The summed E-state index contributed by atoms with van der Waals surface area (Å²) < 4.78 is 28.8. The molecule has 13 nitrogen and oxygen atoms in total. The van der Waals surface area contributed by atoms with Gasteiger partial charge in [0.1, 0.15) is 49.3 Å². The van der Waals surface area contributed by atoms with E-state index in [9.17, 15) is 40.5 Å². The van der Waals surface area contributed by atoms with Crippen LogP contribution in [-0.4, -0.2) is 128 Å². The lowest BCUT2D eigenvalue weighted by Gasteiger charge is -2.64. The molecule has 3 heterocycles. The molecule has 2 saturated heterocycles. The van der Waals surface area contributed by atoms with Gasteiger partial charge in [-0.1, -0.05) is 13.8 Å². The molecule has 0 aromatic carbocycles. The molecule has 6 fully saturated rings. The summed E-state index contributed by atoms with van der Waals surface area (Å²) in [7, 11) is 0. The maximum Gasteiger partial charge on any atom is 0.331 e. The normalized spacial score (nSPS) is 55.3. The molecule has 48 heavy (non-hydrogen) atoms. The van der Waals surface area contributed by atoms with E-state index in [1.54, 1.807) is 13.0 Å². The van der Waals surface area contributed by atoms with E-state index in [4.69, 9.17) is 23.7 Å². The molecule has 7 aliphatic rings. The Morgan fingerprint density at radius 1 is 0.833 bits per heavy atom. The van der Waals surface area contributed by atoms with E-state index in [-0.39, 0.29) is 34.7 Å². The largest absolute Gasteiger partial charge is 0.458 e. The van der Waals surface area contributed by atoms with E-state index in [2.05, 4.69) is 13.8 Å². The second-order valence-corrected chi connectivity index (χ2v) is 16.3. The van der Waals surface area contributed by atoms with Crippen LogP contribution in [0.5, 0.6) is 0 Å². The standard InChI is InChI=1S/C35H54O13/c1-16-30(48-32-28(41)26(39)25(38)23(14-36)47-32)27(40)29(42)31(45-16)46-19-6-9-33(2)18(13-19)4-5-22-21(33)7-10-34(3)20(8-11-35(22,34)43)17-12-24(37)44-15-17/h12,16,18-23,25-32,36,38-43H,4-11,13-15H2,1-3H3/t16?,18?,19?,20?,21?,22?,23?,25?,26?,27?,28?,29?,30?,31?,32?,33-,34+,35?/m0/s1. The van der Waals surface area contributed by atoms with Crippen molar-refractivity contribution in [2.45, 2.75) is 152 Å². The van der Waals surface area contributed by atoms with Gasteiger partial charge in [0.05, 0.1) is 24.4 Å². The van der Waals surface area contributed by atoms with Crippen LogP contribution in [0.3, 0.4) is 0 Å². The van der Waals surface area contributed by atoms with Gasteiger partial charge in [-0.25, -0.2) is 4.79 Å². The van der Waals surface area contributed by atoms with Gasteiger partial charge < -0.3 is 59.4 Å². The fraction of sp³-hybridized carbons (Fsp3) is 0.914. The highest BCUT2D eigenvalue weighted by atomic mass is 16.7. The maximum absolute atomic E-state index is 12.5. The summed E-state index contributed by atoms with van der Waals surface area (Å²) >= 11 is 0. The number of hydrogen-bond acceptors (Lipinski definition) is 13. The molecule has 0 aromatic heterocycles. The maximum atomic E-state index is 12.5. The quantitative estimate of drug-likeness (QED) is 0.149. The van der Waals surface area contributed by atoms with Crippen LogP contribution in [0.25, 0.3) is 0 Å². The Morgan fingerprint density at radius 2 is 1.56 bits per heavy atom. The average molecular weight is 683 g/mol. The Balaban J connectivity index is 0.977. The lowest BCUT2D eigenvalue weighted by atomic mass is 9.43. The van der Waals surface area contributed by atoms with E-state index in [0.717, 1.165) is 63.4 Å². The zero-order valence-electron chi connectivity index (χ0n) is 28.1. The molecule has 18 atom stereocenters. The van der Waals surface area contributed by atoms with Gasteiger partial charge in [0.2, 0.25) is 0 Å². The zero-order valence-corrected chi connectivity index (χ0v) is 28.1. The Bertz CT molecular complexity index is 1240. The summed E-state index contributed by atoms with van der Waals surface area (Å²) in [5.41, 5.74) is 0.00280. The predicted octanol–water partition coefficient (Wildman–Crippen LogP) is 0.280. The van der Waals surface area contributed by atoms with Crippen LogP contribution in [0.15, 0.2) is 11.6 Å². The lowest BCUT2D eigenvalue weighted by Crippen LogP contribution is -2.64. The summed E-state index contributed by atoms with van der Waals surface area (Å²) in [4.78, 5) is 11.9. The summed E-state index contributed by atoms with van der Waals surface area (Å²) in [5.74, 6) is 0.825. The summed E-state index contributed by atoms with van der Waals surface area (Å²) in [6.45, 7) is 5.97. The van der Waals surface area contributed by atoms with Gasteiger partial charge in [-0.15, -0.1) is 0 Å². The van der Waals surface area contributed by atoms with Crippen molar-refractivity contribution in [2.75, 3.05) is 13.2 Å². The van der Waals surface area contributed by atoms with Crippen LogP contribution in [0.4, 0.5) is 0 Å². The highest BCUT2D eigenvalue weighted by Gasteiger charge is 2.68. The van der Waals surface area contributed by atoms with Crippen molar-refractivity contribution in [1.29, 1.82) is 0 Å². The fourth-order valence-corrected chi connectivity index (χ4v) is 11.3. The van der Waals surface area contributed by atoms with Crippen molar-refractivity contribution in [3.8, 4) is 0 Å². The Kier molecular flexibility index (Phi) is 9.36. The lowest BCUT2D eigenvalue weighted by molar-refractivity contribution is -0.360. The number of hydrogen-bond donors (Lipinski definition) is 7. The van der Waals surface area contributed by atoms with Crippen LogP contribution >= 0.6 is 0 Å². The van der Waals surface area contributed by atoms with Crippen molar-refractivity contribution in [1.82, 2.24) is 0 Å². The number of rotatable bonds is 6. The third kappa shape index (κ3) is 5.42. The van der Waals surface area contributed by atoms with Gasteiger partial charge in [-0.05, 0) is 99.4 Å². The van der Waals surface area contributed by atoms with E-state index < -0.39 is 73.6 Å². The number of carbonyl (C=O) groups excluding carboxylic acids is 1. The van der Waals surface area contributed by atoms with Crippen LogP contribution in [0, 0.1) is 34.5 Å². The van der Waals surface area contributed by atoms with E-state index in [1.165, 1.54) is 0 Å². The highest BCUT2D eigenvalue weighted by molar-refractivity contribution is 5.85. The molecular formula is C35H54O13. The molecule has 13 heteroatoms. The topological polar surface area (TPSA) is 205 Å². The smallest absolute Gasteiger partial charge is 0.331 e. The molecule has 3 aliphatic heterocycles. The third-order valence-corrected chi connectivity index (χ3v) is 14.2. The minimum Gasteiger partial charge on any atom is -0.458 e. The Morgan fingerprint density at radius 3 is 2.27 bits per heavy atom. The van der Waals surface area contributed by atoms with Gasteiger partial charge in [-0.3, -0.25) is 0 Å². The number of esters is 1. The molecular weight excluding hydrogens is 628 g/mol. The molecule has 16 unspecified atom stereocenters. The Hall–Kier alpha value is -1.23. The van der Waals surface area contributed by atoms with Gasteiger partial charge in [0.25, 0.3) is 0 Å². The molecule has 0 aromatic rings. The monoisotopic (exact) mass is 682 g/mol. The number of aliphatic hydroxyl groups is 7. The van der Waals surface area contributed by atoms with Crippen LogP contribution in [0.2, 0.25) is 0 Å². The number of ether oxygens (including phenoxy) is 5. The molecule has 0 radical (unpaired) electrons. The molecule has 7 N–H and O–H groups in total. The van der Waals surface area contributed by atoms with Crippen molar-refractivity contribution < 1.29 is 64.2 Å². The predicted molar refractivity (Wildman–Crippen MR) is 166 cm³/mol. The van der Waals surface area contributed by atoms with Crippen molar-refractivity contribution in [3.63, 3.8) is 0 Å². The molecule has 7 rings (SSSR count). The second-order valence-electron chi connectivity index (χ2n) is 16.3. The van der Waals surface area contributed by atoms with Crippen LogP contribution in [0.1, 0.15) is 78.6 Å². The Labute approximate surface area is 281 Å². The summed E-state index contributed by atoms with van der Waals surface area (Å²) in [6, 6.07) is 0. The molecule has 0 spiro atoms. The average Bonchev–Trinajstić information content (AvgIpc) is 3.61. The van der Waals surface area contributed by atoms with Crippen LogP contribution in [-0.2, 0) is 28.5 Å². The molecule has 0 bridgehead atoms. The second kappa shape index (κ2) is 12.8. The first-order valence-corrected chi connectivity index (χ1v) is 17.9. The third-order valence-electron chi connectivity index (χ3n) is 14.2. The number of aliphatic hydroxyl groups excluding tert-OH is 6. The van der Waals surface area contributed by atoms with Gasteiger partial charge in [0, 0.05) is 11.5 Å².